The second kappa shape index (κ2) is 5.95. The van der Waals surface area contributed by atoms with E-state index in [0.717, 1.165) is 11.6 Å². The number of nitrogens with zero attached hydrogens (tertiary/aromatic N) is 1. The van der Waals surface area contributed by atoms with Crippen LogP contribution >= 0.6 is 0 Å². The van der Waals surface area contributed by atoms with E-state index in [1.54, 1.807) is 12.4 Å². The van der Waals surface area contributed by atoms with E-state index in [1.807, 2.05) is 12.1 Å². The van der Waals surface area contributed by atoms with Crippen LogP contribution in [0, 0.1) is 5.82 Å². The van der Waals surface area contributed by atoms with Crippen LogP contribution in [0.25, 0.3) is 0 Å². The lowest BCUT2D eigenvalue weighted by Crippen LogP contribution is -2.08. The highest BCUT2D eigenvalue weighted by Gasteiger charge is 2.12. The summed E-state index contributed by atoms with van der Waals surface area (Å²) >= 11 is 0. The van der Waals surface area contributed by atoms with Crippen molar-refractivity contribution in [2.24, 2.45) is 0 Å². The first-order valence-electron chi connectivity index (χ1n) is 5.71. The maximum atomic E-state index is 13.2. The fourth-order valence-corrected chi connectivity index (χ4v) is 1.65. The number of methoxy groups -OCH3 is 1. The largest absolute Gasteiger partial charge is 0.465 e. The number of aromatic nitrogens is 1. The molecule has 0 atom stereocenters. The first kappa shape index (κ1) is 13.0. The topological polar surface area (TPSA) is 51.2 Å². The van der Waals surface area contributed by atoms with Crippen LogP contribution in [-0.4, -0.2) is 18.1 Å². The van der Waals surface area contributed by atoms with Crippen LogP contribution in [0.2, 0.25) is 0 Å². The minimum Gasteiger partial charge on any atom is -0.465 e. The van der Waals surface area contributed by atoms with Crippen molar-refractivity contribution in [1.82, 2.24) is 4.98 Å². The Morgan fingerprint density at radius 2 is 2.05 bits per heavy atom. The number of ether oxygens (including phenoxy) is 1. The number of benzene rings is 1. The van der Waals surface area contributed by atoms with Crippen LogP contribution in [0.5, 0.6) is 0 Å². The van der Waals surface area contributed by atoms with Crippen molar-refractivity contribution in [1.29, 1.82) is 0 Å². The van der Waals surface area contributed by atoms with Gasteiger partial charge in [-0.25, -0.2) is 9.18 Å². The maximum Gasteiger partial charge on any atom is 0.340 e. The summed E-state index contributed by atoms with van der Waals surface area (Å²) in [6, 6.07) is 7.67. The Morgan fingerprint density at radius 3 is 2.74 bits per heavy atom. The SMILES string of the molecule is COC(=O)c1cc(F)ccc1NCc1ccncc1. The molecule has 0 radical (unpaired) electrons. The van der Waals surface area contributed by atoms with Crippen LogP contribution < -0.4 is 5.32 Å². The first-order chi connectivity index (χ1) is 9.20. The third-order valence-corrected chi connectivity index (χ3v) is 2.62. The summed E-state index contributed by atoms with van der Waals surface area (Å²) in [7, 11) is 1.26. The zero-order valence-corrected chi connectivity index (χ0v) is 10.4. The fraction of sp³-hybridized carbons (Fsp3) is 0.143. The second-order valence-corrected chi connectivity index (χ2v) is 3.89. The third kappa shape index (κ3) is 3.28. The Hall–Kier alpha value is -2.43. The number of nitrogens with one attached hydrogen (secondary N) is 1. The molecule has 98 valence electrons. The van der Waals surface area contributed by atoms with Gasteiger partial charge in [-0.15, -0.1) is 0 Å². The summed E-state index contributed by atoms with van der Waals surface area (Å²) in [5, 5.41) is 3.08. The van der Waals surface area contributed by atoms with Gasteiger partial charge in [0, 0.05) is 24.6 Å². The van der Waals surface area contributed by atoms with Crippen molar-refractivity contribution in [2.75, 3.05) is 12.4 Å². The molecule has 1 aromatic heterocycles. The molecule has 0 aliphatic rings. The number of anilines is 1. The second-order valence-electron chi connectivity index (χ2n) is 3.89. The van der Waals surface area contributed by atoms with E-state index in [2.05, 4.69) is 15.0 Å². The molecule has 1 aromatic carbocycles. The Bertz CT molecular complexity index is 573. The molecule has 0 unspecified atom stereocenters. The lowest BCUT2D eigenvalue weighted by molar-refractivity contribution is 0.0601. The van der Waals surface area contributed by atoms with Gasteiger partial charge in [-0.1, -0.05) is 0 Å². The predicted octanol–water partition coefficient (Wildman–Crippen LogP) is 2.62. The van der Waals surface area contributed by atoms with E-state index < -0.39 is 11.8 Å². The Kier molecular flexibility index (Phi) is 4.07. The molecule has 2 rings (SSSR count). The normalized spacial score (nSPS) is 10.0. The van der Waals surface area contributed by atoms with Gasteiger partial charge in [-0.2, -0.15) is 0 Å². The molecule has 5 heteroatoms. The summed E-state index contributed by atoms with van der Waals surface area (Å²) in [5.74, 6) is -1.05. The highest BCUT2D eigenvalue weighted by molar-refractivity contribution is 5.95. The van der Waals surface area contributed by atoms with Crippen molar-refractivity contribution in [2.45, 2.75) is 6.54 Å². The number of hydrogen-bond acceptors (Lipinski definition) is 4. The molecule has 2 aromatic rings. The molecular formula is C14H13FN2O2. The molecule has 1 N–H and O–H groups in total. The summed E-state index contributed by atoms with van der Waals surface area (Å²) < 4.78 is 17.8. The molecule has 4 nitrogen and oxygen atoms in total. The molecule has 0 spiro atoms. The molecular weight excluding hydrogens is 247 g/mol. The molecule has 0 saturated carbocycles. The van der Waals surface area contributed by atoms with Crippen molar-refractivity contribution in [3.8, 4) is 0 Å². The highest BCUT2D eigenvalue weighted by atomic mass is 19.1. The highest BCUT2D eigenvalue weighted by Crippen LogP contribution is 2.18. The van der Waals surface area contributed by atoms with Gasteiger partial charge in [0.25, 0.3) is 0 Å². The molecule has 0 saturated heterocycles. The van der Waals surface area contributed by atoms with E-state index in [1.165, 1.54) is 19.2 Å². The van der Waals surface area contributed by atoms with E-state index in [9.17, 15) is 9.18 Å². The summed E-state index contributed by atoms with van der Waals surface area (Å²) in [6.45, 7) is 0.512. The Labute approximate surface area is 110 Å². The molecule has 0 amide bonds. The number of carbonyl (C=O) groups is 1. The van der Waals surface area contributed by atoms with Crippen molar-refractivity contribution >= 4 is 11.7 Å². The average molecular weight is 260 g/mol. The molecule has 19 heavy (non-hydrogen) atoms. The maximum absolute atomic E-state index is 13.2. The van der Waals surface area contributed by atoms with Gasteiger partial charge in [0.1, 0.15) is 5.82 Å². The summed E-state index contributed by atoms with van der Waals surface area (Å²) in [5.41, 5.74) is 1.72. The molecule has 0 bridgehead atoms. The summed E-state index contributed by atoms with van der Waals surface area (Å²) in [6.07, 6.45) is 3.37. The first-order valence-corrected chi connectivity index (χ1v) is 5.71. The van der Waals surface area contributed by atoms with Gasteiger partial charge >= 0.3 is 5.97 Å². The van der Waals surface area contributed by atoms with E-state index in [4.69, 9.17) is 0 Å². The number of hydrogen-bond donors (Lipinski definition) is 1. The number of halogens is 1. The Morgan fingerprint density at radius 1 is 1.32 bits per heavy atom. The van der Waals surface area contributed by atoms with E-state index in [-0.39, 0.29) is 5.56 Å². The monoisotopic (exact) mass is 260 g/mol. The zero-order chi connectivity index (χ0) is 13.7. The third-order valence-electron chi connectivity index (χ3n) is 2.62. The standard InChI is InChI=1S/C14H13FN2O2/c1-19-14(18)12-8-11(15)2-3-13(12)17-9-10-4-6-16-7-5-10/h2-8,17H,9H2,1H3. The molecule has 1 heterocycles. The van der Waals surface area contributed by atoms with Gasteiger partial charge in [0.05, 0.1) is 12.7 Å². The van der Waals surface area contributed by atoms with E-state index in [0.29, 0.717) is 12.2 Å². The van der Waals surface area contributed by atoms with Crippen molar-refractivity contribution in [3.63, 3.8) is 0 Å². The lowest BCUT2D eigenvalue weighted by Gasteiger charge is -2.10. The molecule has 0 fully saturated rings. The molecule has 0 aliphatic heterocycles. The predicted molar refractivity (Wildman–Crippen MR) is 69.3 cm³/mol. The van der Waals surface area contributed by atoms with Crippen LogP contribution in [0.15, 0.2) is 42.7 Å². The average Bonchev–Trinajstić information content (AvgIpc) is 2.46. The van der Waals surface area contributed by atoms with Gasteiger partial charge in [0.15, 0.2) is 0 Å². The van der Waals surface area contributed by atoms with Crippen LogP contribution in [0.4, 0.5) is 10.1 Å². The fourth-order valence-electron chi connectivity index (χ4n) is 1.65. The van der Waals surface area contributed by atoms with Gasteiger partial charge in [-0.05, 0) is 35.9 Å². The number of carbonyl (C=O) groups excluding carboxylic acids is 1. The minimum absolute atomic E-state index is 0.177. The van der Waals surface area contributed by atoms with Crippen molar-refractivity contribution < 1.29 is 13.9 Å². The van der Waals surface area contributed by atoms with Crippen LogP contribution in [0.1, 0.15) is 15.9 Å². The zero-order valence-electron chi connectivity index (χ0n) is 10.4. The molecule has 0 aliphatic carbocycles. The summed E-state index contributed by atoms with van der Waals surface area (Å²) in [4.78, 5) is 15.5. The Balaban J connectivity index is 2.18. The van der Waals surface area contributed by atoms with E-state index >= 15 is 0 Å². The number of rotatable bonds is 4. The van der Waals surface area contributed by atoms with Gasteiger partial charge in [0.2, 0.25) is 0 Å². The van der Waals surface area contributed by atoms with Crippen molar-refractivity contribution in [3.05, 3.63) is 59.7 Å². The number of esters is 1. The lowest BCUT2D eigenvalue weighted by atomic mass is 10.1. The van der Waals surface area contributed by atoms with Gasteiger partial charge < -0.3 is 10.1 Å². The van der Waals surface area contributed by atoms with Crippen LogP contribution in [-0.2, 0) is 11.3 Å². The minimum atomic E-state index is -0.572. The van der Waals surface area contributed by atoms with Crippen LogP contribution in [0.3, 0.4) is 0 Å². The smallest absolute Gasteiger partial charge is 0.340 e. The quantitative estimate of drug-likeness (QED) is 0.858. The van der Waals surface area contributed by atoms with Gasteiger partial charge in [-0.3, -0.25) is 4.98 Å². The number of pyridine rings is 1.